The van der Waals surface area contributed by atoms with Crippen molar-refractivity contribution in [3.63, 3.8) is 0 Å². The average Bonchev–Trinajstić information content (AvgIpc) is 3.46. The molecular weight excluding hydrogens is 400 g/mol. The molecule has 0 radical (unpaired) electrons. The summed E-state index contributed by atoms with van der Waals surface area (Å²) in [6.45, 7) is 1.26. The third-order valence-corrected chi connectivity index (χ3v) is 6.39. The van der Waals surface area contributed by atoms with Crippen molar-refractivity contribution < 1.29 is 18.8 Å². The third-order valence-electron chi connectivity index (χ3n) is 5.48. The second kappa shape index (κ2) is 9.34. The molecule has 0 bridgehead atoms. The van der Waals surface area contributed by atoms with Crippen LogP contribution < -0.4 is 0 Å². The molecule has 0 saturated carbocycles. The van der Waals surface area contributed by atoms with Gasteiger partial charge in [-0.05, 0) is 36.4 Å². The van der Waals surface area contributed by atoms with E-state index in [9.17, 15) is 14.4 Å². The van der Waals surface area contributed by atoms with Crippen LogP contribution in [-0.4, -0.2) is 40.4 Å². The number of hydrogen-bond acceptors (Lipinski definition) is 6. The van der Waals surface area contributed by atoms with E-state index in [1.165, 1.54) is 11.3 Å². The molecule has 0 aliphatic carbocycles. The van der Waals surface area contributed by atoms with E-state index in [4.69, 9.17) is 4.42 Å². The molecule has 4 rings (SSSR count). The Bertz CT molecular complexity index is 1010. The molecular formula is C23H24N2O4S. The summed E-state index contributed by atoms with van der Waals surface area (Å²) in [5, 5.41) is 1.85. The molecule has 30 heavy (non-hydrogen) atoms. The first-order valence-electron chi connectivity index (χ1n) is 10.3. The van der Waals surface area contributed by atoms with Gasteiger partial charge in [0.15, 0.2) is 17.3 Å². The Morgan fingerprint density at radius 1 is 1.07 bits per heavy atom. The molecule has 2 aromatic heterocycles. The lowest BCUT2D eigenvalue weighted by Crippen LogP contribution is -2.39. The number of amides is 1. The molecule has 0 spiro atoms. The summed E-state index contributed by atoms with van der Waals surface area (Å²) in [5.41, 5.74) is 1.59. The van der Waals surface area contributed by atoms with E-state index in [2.05, 4.69) is 4.98 Å². The van der Waals surface area contributed by atoms with Gasteiger partial charge in [-0.25, -0.2) is 4.98 Å². The summed E-state index contributed by atoms with van der Waals surface area (Å²) in [6.07, 6.45) is 2.58. The lowest BCUT2D eigenvalue weighted by atomic mass is 9.97. The highest BCUT2D eigenvalue weighted by Crippen LogP contribution is 2.29. The number of fused-ring (bicyclic) bond motifs is 1. The van der Waals surface area contributed by atoms with Crippen LogP contribution in [0.5, 0.6) is 0 Å². The number of aromatic nitrogens is 1. The maximum atomic E-state index is 12.6. The quantitative estimate of drug-likeness (QED) is 0.494. The van der Waals surface area contributed by atoms with Gasteiger partial charge in [0.05, 0.1) is 10.8 Å². The first kappa shape index (κ1) is 20.5. The summed E-state index contributed by atoms with van der Waals surface area (Å²) in [7, 11) is 0. The van der Waals surface area contributed by atoms with E-state index < -0.39 is 0 Å². The number of Topliss-reactive ketones (excluding diaryl/α,β-unsaturated/α-hetero) is 2. The first-order chi connectivity index (χ1) is 14.6. The molecule has 0 N–H and O–H groups in total. The Balaban J connectivity index is 1.26. The SMILES string of the molecule is O=C(CCC(=O)c1cccs1)CCC(=O)N1CCC[C@@H](c2nc3ccccc3o2)C1. The first-order valence-corrected chi connectivity index (χ1v) is 11.2. The lowest BCUT2D eigenvalue weighted by molar-refractivity contribution is -0.134. The number of nitrogens with zero attached hydrogens (tertiary/aromatic N) is 2. The highest BCUT2D eigenvalue weighted by molar-refractivity contribution is 7.12. The molecule has 1 aliphatic rings. The van der Waals surface area contributed by atoms with E-state index >= 15 is 0 Å². The van der Waals surface area contributed by atoms with Gasteiger partial charge in [-0.3, -0.25) is 14.4 Å². The number of thiophene rings is 1. The number of ketones is 2. The number of carbonyl (C=O) groups is 3. The molecule has 0 unspecified atom stereocenters. The van der Waals surface area contributed by atoms with Crippen molar-refractivity contribution in [2.75, 3.05) is 13.1 Å². The Morgan fingerprint density at radius 3 is 2.70 bits per heavy atom. The zero-order valence-electron chi connectivity index (χ0n) is 16.7. The molecule has 1 aromatic carbocycles. The summed E-state index contributed by atoms with van der Waals surface area (Å²) in [6, 6.07) is 11.3. The predicted molar refractivity (Wildman–Crippen MR) is 115 cm³/mol. The number of oxazole rings is 1. The van der Waals surface area contributed by atoms with E-state index in [1.54, 1.807) is 6.07 Å². The van der Waals surface area contributed by atoms with E-state index in [0.29, 0.717) is 23.9 Å². The van der Waals surface area contributed by atoms with Crippen LogP contribution in [0.4, 0.5) is 0 Å². The highest BCUT2D eigenvalue weighted by atomic mass is 32.1. The van der Waals surface area contributed by atoms with Crippen molar-refractivity contribution in [3.05, 3.63) is 52.5 Å². The Hall–Kier alpha value is -2.80. The predicted octanol–water partition coefficient (Wildman–Crippen LogP) is 4.61. The zero-order valence-corrected chi connectivity index (χ0v) is 17.5. The van der Waals surface area contributed by atoms with Crippen LogP contribution in [0.15, 0.2) is 46.2 Å². The van der Waals surface area contributed by atoms with Crippen molar-refractivity contribution in [1.82, 2.24) is 9.88 Å². The maximum absolute atomic E-state index is 12.6. The van der Waals surface area contributed by atoms with Gasteiger partial charge >= 0.3 is 0 Å². The maximum Gasteiger partial charge on any atom is 0.223 e. The number of benzene rings is 1. The lowest BCUT2D eigenvalue weighted by Gasteiger charge is -2.31. The fourth-order valence-corrected chi connectivity index (χ4v) is 4.51. The minimum absolute atomic E-state index is 0.0121. The number of carbonyl (C=O) groups excluding carboxylic acids is 3. The minimum Gasteiger partial charge on any atom is -0.440 e. The Kier molecular flexibility index (Phi) is 6.38. The number of rotatable bonds is 8. The third kappa shape index (κ3) is 4.84. The van der Waals surface area contributed by atoms with E-state index in [0.717, 1.165) is 23.9 Å². The standard InChI is InChI=1S/C23H24N2O4S/c26-17(9-11-19(27)21-8-4-14-30-21)10-12-22(28)25-13-3-5-16(15-25)23-24-18-6-1-2-7-20(18)29-23/h1-2,4,6-8,14,16H,3,5,9-13,15H2/t16-/m1/s1. The monoisotopic (exact) mass is 424 g/mol. The van der Waals surface area contributed by atoms with Crippen molar-refractivity contribution in [1.29, 1.82) is 0 Å². The van der Waals surface area contributed by atoms with Gasteiger partial charge in [0, 0.05) is 38.8 Å². The zero-order chi connectivity index (χ0) is 20.9. The topological polar surface area (TPSA) is 80.5 Å². The largest absolute Gasteiger partial charge is 0.440 e. The van der Waals surface area contributed by atoms with Crippen LogP contribution in [0.25, 0.3) is 11.1 Å². The van der Waals surface area contributed by atoms with E-state index in [1.807, 2.05) is 40.6 Å². The molecule has 1 fully saturated rings. The second-order valence-corrected chi connectivity index (χ2v) is 8.59. The smallest absolute Gasteiger partial charge is 0.223 e. The van der Waals surface area contributed by atoms with Crippen molar-refractivity contribution in [3.8, 4) is 0 Å². The van der Waals surface area contributed by atoms with Gasteiger partial charge < -0.3 is 9.32 Å². The fourth-order valence-electron chi connectivity index (χ4n) is 3.81. The van der Waals surface area contributed by atoms with Crippen LogP contribution in [-0.2, 0) is 9.59 Å². The molecule has 1 saturated heterocycles. The fraction of sp³-hybridized carbons (Fsp3) is 0.391. The van der Waals surface area contributed by atoms with Crippen LogP contribution in [0.3, 0.4) is 0 Å². The number of likely N-dealkylation sites (tertiary alicyclic amines) is 1. The molecule has 1 aliphatic heterocycles. The molecule has 156 valence electrons. The number of piperidine rings is 1. The van der Waals surface area contributed by atoms with Gasteiger partial charge in [-0.15, -0.1) is 11.3 Å². The number of hydrogen-bond donors (Lipinski definition) is 0. The molecule has 3 aromatic rings. The van der Waals surface area contributed by atoms with Crippen LogP contribution >= 0.6 is 11.3 Å². The molecule has 6 nitrogen and oxygen atoms in total. The highest BCUT2D eigenvalue weighted by Gasteiger charge is 2.28. The van der Waals surface area contributed by atoms with E-state index in [-0.39, 0.29) is 49.1 Å². The summed E-state index contributed by atoms with van der Waals surface area (Å²) in [5.74, 6) is 0.683. The van der Waals surface area contributed by atoms with Crippen LogP contribution in [0.2, 0.25) is 0 Å². The minimum atomic E-state index is -0.0410. The van der Waals surface area contributed by atoms with Crippen molar-refractivity contribution >= 4 is 39.9 Å². The number of para-hydroxylation sites is 2. The summed E-state index contributed by atoms with van der Waals surface area (Å²) in [4.78, 5) is 43.8. The summed E-state index contributed by atoms with van der Waals surface area (Å²) >= 11 is 1.38. The van der Waals surface area contributed by atoms with Gasteiger partial charge in [0.1, 0.15) is 11.3 Å². The Morgan fingerprint density at radius 2 is 1.90 bits per heavy atom. The van der Waals surface area contributed by atoms with Crippen LogP contribution in [0.1, 0.15) is 60.0 Å². The van der Waals surface area contributed by atoms with Gasteiger partial charge in [0.25, 0.3) is 0 Å². The van der Waals surface area contributed by atoms with Crippen LogP contribution in [0, 0.1) is 0 Å². The van der Waals surface area contributed by atoms with Gasteiger partial charge in [-0.2, -0.15) is 0 Å². The molecule has 7 heteroatoms. The van der Waals surface area contributed by atoms with Crippen molar-refractivity contribution in [2.45, 2.75) is 44.4 Å². The molecule has 1 atom stereocenters. The van der Waals surface area contributed by atoms with Gasteiger partial charge in [-0.1, -0.05) is 18.2 Å². The second-order valence-electron chi connectivity index (χ2n) is 7.64. The molecule has 3 heterocycles. The van der Waals surface area contributed by atoms with Crippen molar-refractivity contribution in [2.24, 2.45) is 0 Å². The Labute approximate surface area is 178 Å². The summed E-state index contributed by atoms with van der Waals surface area (Å²) < 4.78 is 5.88. The van der Waals surface area contributed by atoms with Gasteiger partial charge in [0.2, 0.25) is 5.91 Å². The molecule has 1 amide bonds. The average molecular weight is 425 g/mol. The normalized spacial score (nSPS) is 16.7.